The molecule has 3 aromatic heterocycles. The molecule has 61 heavy (non-hydrogen) atoms. The third-order valence-electron chi connectivity index (χ3n) is 15.7. The second-order valence-electron chi connectivity index (χ2n) is 20.3. The van der Waals surface area contributed by atoms with Crippen LogP contribution in [0.2, 0.25) is 0 Å². The lowest BCUT2D eigenvalue weighted by Crippen LogP contribution is -2.58. The first-order chi connectivity index (χ1) is 29.4. The Kier molecular flexibility index (Phi) is 6.12. The molecule has 5 heterocycles. The Morgan fingerprint density at radius 2 is 1.20 bits per heavy atom. The molecular weight excluding hydrogens is 743 g/mol. The molecule has 0 unspecified atom stereocenters. The van der Waals surface area contributed by atoms with Gasteiger partial charge in [0, 0.05) is 61.2 Å². The summed E-state index contributed by atoms with van der Waals surface area (Å²) >= 11 is 0. The van der Waals surface area contributed by atoms with E-state index in [1.807, 2.05) is 0 Å². The van der Waals surface area contributed by atoms with Crippen LogP contribution in [0.1, 0.15) is 82.2 Å². The van der Waals surface area contributed by atoms with Crippen LogP contribution in [0.5, 0.6) is 0 Å². The number of hydrogen-bond acceptors (Lipinski definition) is 3. The van der Waals surface area contributed by atoms with Gasteiger partial charge >= 0.3 is 6.85 Å². The van der Waals surface area contributed by atoms with Gasteiger partial charge in [0.15, 0.2) is 5.58 Å². The average Bonchev–Trinajstić information content (AvgIpc) is 3.98. The van der Waals surface area contributed by atoms with Crippen LogP contribution < -0.4 is 15.8 Å². The Balaban J connectivity index is 1.22. The first-order valence-corrected chi connectivity index (χ1v) is 22.1. The summed E-state index contributed by atoms with van der Waals surface area (Å²) in [4.78, 5) is 2.64. The van der Waals surface area contributed by atoms with Crippen LogP contribution in [0, 0.1) is 6.92 Å². The fourth-order valence-electron chi connectivity index (χ4n) is 12.8. The topological polar surface area (TPSA) is 34.5 Å². The molecule has 0 N–H and O–H groups in total. The number of fused-ring (bicyclic) bond motifs is 18. The normalized spacial score (nSPS) is 17.3. The van der Waals surface area contributed by atoms with Gasteiger partial charge in [-0.2, -0.15) is 0 Å². The Bertz CT molecular complexity index is 3660. The smallest absolute Gasteiger partial charge is 0.333 e. The van der Waals surface area contributed by atoms with Crippen LogP contribution >= 0.6 is 0 Å². The molecular formula is C56H45BN2O2. The zero-order valence-corrected chi connectivity index (χ0v) is 35.7. The summed E-state index contributed by atoms with van der Waals surface area (Å²) in [5.74, 6) is 0. The highest BCUT2D eigenvalue weighted by Crippen LogP contribution is 2.56. The highest BCUT2D eigenvalue weighted by molar-refractivity contribution is 6.91. The van der Waals surface area contributed by atoms with Crippen molar-refractivity contribution >= 4 is 89.7 Å². The first-order valence-electron chi connectivity index (χ1n) is 22.1. The van der Waals surface area contributed by atoms with Crippen LogP contribution in [0.25, 0.3) is 77.2 Å². The van der Waals surface area contributed by atoms with E-state index in [0.717, 1.165) is 50.4 Å². The highest BCUT2D eigenvalue weighted by Gasteiger charge is 2.50. The number of hydrogen-bond donors (Lipinski definition) is 0. The fourth-order valence-corrected chi connectivity index (χ4v) is 12.8. The van der Waals surface area contributed by atoms with E-state index in [1.165, 1.54) is 95.4 Å². The van der Waals surface area contributed by atoms with E-state index in [1.54, 1.807) is 0 Å². The highest BCUT2D eigenvalue weighted by atomic mass is 16.3. The lowest BCUT2D eigenvalue weighted by atomic mass is 9.43. The van der Waals surface area contributed by atoms with Crippen LogP contribution in [0.4, 0.5) is 17.1 Å². The van der Waals surface area contributed by atoms with Crippen molar-refractivity contribution in [1.29, 1.82) is 0 Å². The predicted molar refractivity (Wildman–Crippen MR) is 255 cm³/mol. The monoisotopic (exact) mass is 788 g/mol. The molecule has 0 fully saturated rings. The maximum absolute atomic E-state index is 6.96. The molecule has 14 rings (SSSR count). The quantitative estimate of drug-likeness (QED) is 0.155. The van der Waals surface area contributed by atoms with Crippen molar-refractivity contribution in [2.24, 2.45) is 0 Å². The van der Waals surface area contributed by atoms with Crippen molar-refractivity contribution in [1.82, 2.24) is 4.48 Å². The van der Waals surface area contributed by atoms with Crippen LogP contribution in [0.3, 0.4) is 0 Å². The van der Waals surface area contributed by atoms with E-state index in [-0.39, 0.29) is 23.1 Å². The fraction of sp³-hybridized carbons (Fsp3) is 0.214. The van der Waals surface area contributed by atoms with E-state index in [2.05, 4.69) is 179 Å². The molecule has 4 aliphatic rings. The molecule has 294 valence electrons. The Labute approximate surface area is 355 Å². The molecule has 4 nitrogen and oxygen atoms in total. The van der Waals surface area contributed by atoms with Gasteiger partial charge in [-0.1, -0.05) is 120 Å². The lowest BCUT2D eigenvalue weighted by molar-refractivity contribution is 0.332. The number of para-hydroxylation sites is 3. The summed E-state index contributed by atoms with van der Waals surface area (Å²) in [5.41, 5.74) is 24.5. The van der Waals surface area contributed by atoms with Gasteiger partial charge in [0.05, 0.1) is 5.52 Å². The van der Waals surface area contributed by atoms with Crippen LogP contribution in [0.15, 0.2) is 130 Å². The molecule has 0 bridgehead atoms. The zero-order valence-electron chi connectivity index (χ0n) is 35.7. The van der Waals surface area contributed by atoms with Crippen molar-refractivity contribution in [3.8, 4) is 22.3 Å². The Morgan fingerprint density at radius 3 is 2.00 bits per heavy atom. The van der Waals surface area contributed by atoms with Crippen molar-refractivity contribution in [2.75, 3.05) is 4.90 Å². The van der Waals surface area contributed by atoms with E-state index in [0.29, 0.717) is 0 Å². The predicted octanol–water partition coefficient (Wildman–Crippen LogP) is 13.8. The maximum Gasteiger partial charge on any atom is 0.333 e. The molecule has 0 radical (unpaired) electrons. The summed E-state index contributed by atoms with van der Waals surface area (Å²) in [6.45, 7) is 16.9. The molecule has 0 amide bonds. The molecule has 0 spiro atoms. The van der Waals surface area contributed by atoms with E-state index in [9.17, 15) is 0 Å². The second kappa shape index (κ2) is 10.9. The lowest BCUT2D eigenvalue weighted by Gasteiger charge is -2.45. The maximum atomic E-state index is 6.96. The van der Waals surface area contributed by atoms with Gasteiger partial charge < -0.3 is 18.2 Å². The summed E-state index contributed by atoms with van der Waals surface area (Å²) in [5, 5.41) is 4.63. The largest absolute Gasteiger partial charge is 0.456 e. The van der Waals surface area contributed by atoms with Crippen molar-refractivity contribution in [2.45, 2.75) is 77.6 Å². The van der Waals surface area contributed by atoms with Gasteiger partial charge in [-0.3, -0.25) is 0 Å². The first kappa shape index (κ1) is 34.3. The number of nitrogens with zero attached hydrogens (tertiary/aromatic N) is 2. The molecule has 2 aliphatic heterocycles. The van der Waals surface area contributed by atoms with Gasteiger partial charge in [0.2, 0.25) is 0 Å². The van der Waals surface area contributed by atoms with E-state index in [4.69, 9.17) is 8.83 Å². The van der Waals surface area contributed by atoms with Crippen molar-refractivity contribution in [3.63, 3.8) is 0 Å². The number of rotatable bonds is 1. The number of anilines is 3. The summed E-state index contributed by atoms with van der Waals surface area (Å²) in [7, 11) is 0. The number of benzene rings is 7. The minimum absolute atomic E-state index is 0.0434. The van der Waals surface area contributed by atoms with Crippen LogP contribution in [-0.2, 0) is 16.2 Å². The van der Waals surface area contributed by atoms with Crippen molar-refractivity contribution < 1.29 is 8.83 Å². The molecule has 0 saturated carbocycles. The van der Waals surface area contributed by atoms with E-state index >= 15 is 0 Å². The molecule has 10 aromatic rings. The summed E-state index contributed by atoms with van der Waals surface area (Å²) < 4.78 is 16.6. The van der Waals surface area contributed by atoms with Gasteiger partial charge in [0.25, 0.3) is 0 Å². The molecule has 5 heteroatoms. The van der Waals surface area contributed by atoms with E-state index < -0.39 is 0 Å². The standard InChI is InChI=1S/C56H45BN2O2/c1-30-27-38-39(55(4,5)26-25-54(38,2)3)28-41(30)58-40-24-23-32-31-15-8-11-20-37(31)56(6,7)48(32)50(40)57-49-42(58)29-45-46(33-16-9-12-21-43(33)60-45)47(49)35-18-14-19-36-51(35)59(57)52-34-17-10-13-22-44(34)61-53(36)52/h8-24,27-29H,25-26H2,1-7H3. The third kappa shape index (κ3) is 4.00. The number of furan rings is 2. The van der Waals surface area contributed by atoms with Gasteiger partial charge in [-0.05, 0) is 122 Å². The molecule has 7 aromatic carbocycles. The number of aryl methyl sites for hydroxylation is 1. The minimum atomic E-state index is -0.259. The molecule has 0 atom stereocenters. The third-order valence-corrected chi connectivity index (χ3v) is 15.7. The van der Waals surface area contributed by atoms with Crippen LogP contribution in [-0.4, -0.2) is 11.3 Å². The Hall–Kier alpha value is -6.46. The van der Waals surface area contributed by atoms with Crippen molar-refractivity contribution in [3.05, 3.63) is 149 Å². The van der Waals surface area contributed by atoms with Gasteiger partial charge in [0.1, 0.15) is 16.7 Å². The van der Waals surface area contributed by atoms with Gasteiger partial charge in [-0.25, -0.2) is 0 Å². The molecule has 0 saturated heterocycles. The second-order valence-corrected chi connectivity index (χ2v) is 20.3. The zero-order chi connectivity index (χ0) is 41.1. The summed E-state index contributed by atoms with van der Waals surface area (Å²) in [6, 6.07) is 45.5. The molecule has 2 aliphatic carbocycles. The summed E-state index contributed by atoms with van der Waals surface area (Å²) in [6.07, 6.45) is 2.34. The SMILES string of the molecule is Cc1cc2c(cc1N1c3ccc4c(c3B3c5c1cc1oc6ccccc6c1c5-c1cccc5c6oc7ccccc7c6n3c15)C(C)(C)c1ccccc1-4)C(C)(C)CCC2(C)C. The minimum Gasteiger partial charge on any atom is -0.456 e. The van der Waals surface area contributed by atoms with Gasteiger partial charge in [-0.15, -0.1) is 0 Å². The Morgan fingerprint density at radius 1 is 0.525 bits per heavy atom. The average molecular weight is 789 g/mol. The number of aromatic nitrogens is 1.